The molecule has 4 heteroatoms. The van der Waals surface area contributed by atoms with E-state index in [4.69, 9.17) is 4.98 Å². The summed E-state index contributed by atoms with van der Waals surface area (Å²) >= 11 is 0. The third-order valence-corrected chi connectivity index (χ3v) is 7.07. The van der Waals surface area contributed by atoms with Crippen LogP contribution in [0.5, 0.6) is 0 Å². The number of aliphatic hydroxyl groups excluding tert-OH is 1. The number of aromatic nitrogens is 1. The third-order valence-electron chi connectivity index (χ3n) is 7.07. The van der Waals surface area contributed by atoms with Crippen molar-refractivity contribution in [3.8, 4) is 33.5 Å². The Hall–Kier alpha value is -3.07. The van der Waals surface area contributed by atoms with Gasteiger partial charge in [-0.25, -0.2) is 0 Å². The molecule has 1 aliphatic rings. The summed E-state index contributed by atoms with van der Waals surface area (Å²) in [7, 11) is 0. The molecule has 1 N–H and O–H groups in total. The topological polar surface area (TPSA) is 50.2 Å². The van der Waals surface area contributed by atoms with Crippen molar-refractivity contribution in [1.29, 1.82) is 0 Å². The second-order valence-corrected chi connectivity index (χ2v) is 13.4. The Morgan fingerprint density at radius 2 is 1.64 bits per heavy atom. The average molecular weight is 739 g/mol. The van der Waals surface area contributed by atoms with Crippen LogP contribution in [0.4, 0.5) is 0 Å². The van der Waals surface area contributed by atoms with Gasteiger partial charge in [0.15, 0.2) is 5.78 Å². The molecule has 0 fully saturated rings. The van der Waals surface area contributed by atoms with Gasteiger partial charge in [0.2, 0.25) is 0 Å². The molecule has 0 spiro atoms. The van der Waals surface area contributed by atoms with E-state index in [9.17, 15) is 9.90 Å². The number of hydrogen-bond donors (Lipinski definition) is 1. The first-order chi connectivity index (χ1) is 19.3. The first kappa shape index (κ1) is 33.4. The number of carbonyl (C=O) groups is 1. The van der Waals surface area contributed by atoms with Gasteiger partial charge in [0.1, 0.15) is 0 Å². The molecule has 0 atom stereocenters. The summed E-state index contributed by atoms with van der Waals surface area (Å²) < 4.78 is 0. The number of rotatable bonds is 6. The molecule has 223 valence electrons. The quantitative estimate of drug-likeness (QED) is 0.107. The molecular formula is C38H44IrNO2-. The van der Waals surface area contributed by atoms with E-state index < -0.39 is 0 Å². The number of fused-ring (bicyclic) bond motifs is 5. The Labute approximate surface area is 265 Å². The van der Waals surface area contributed by atoms with E-state index in [0.717, 1.165) is 17.7 Å². The van der Waals surface area contributed by atoms with Crippen LogP contribution in [0, 0.1) is 30.2 Å². The first-order valence-corrected chi connectivity index (χ1v) is 14.8. The molecule has 1 aliphatic carbocycles. The summed E-state index contributed by atoms with van der Waals surface area (Å²) in [6, 6.07) is 23.6. The number of benzene rings is 3. The predicted molar refractivity (Wildman–Crippen MR) is 173 cm³/mol. The number of aliphatic hydroxyl groups is 1. The first-order valence-electron chi connectivity index (χ1n) is 14.8. The van der Waals surface area contributed by atoms with Gasteiger partial charge in [-0.2, -0.15) is 0 Å². The van der Waals surface area contributed by atoms with Gasteiger partial charge in [-0.1, -0.05) is 108 Å². The Kier molecular flexibility index (Phi) is 11.1. The average Bonchev–Trinajstić information content (AvgIpc) is 2.97. The fourth-order valence-electron chi connectivity index (χ4n) is 5.55. The Balaban J connectivity index is 0.000000297. The van der Waals surface area contributed by atoms with E-state index in [0.29, 0.717) is 24.7 Å². The van der Waals surface area contributed by atoms with Gasteiger partial charge in [-0.05, 0) is 57.8 Å². The van der Waals surface area contributed by atoms with Crippen LogP contribution in [0.25, 0.3) is 44.3 Å². The summed E-state index contributed by atoms with van der Waals surface area (Å²) in [4.78, 5) is 16.0. The number of carbonyl (C=O) groups excluding carboxylic acids is 1. The van der Waals surface area contributed by atoms with E-state index in [2.05, 4.69) is 88.4 Å². The maximum atomic E-state index is 11.2. The molecular weight excluding hydrogens is 695 g/mol. The van der Waals surface area contributed by atoms with Gasteiger partial charge in [0.25, 0.3) is 0 Å². The molecule has 42 heavy (non-hydrogen) atoms. The summed E-state index contributed by atoms with van der Waals surface area (Å²) in [6.45, 7) is 17.0. The second-order valence-electron chi connectivity index (χ2n) is 13.4. The van der Waals surface area contributed by atoms with Crippen molar-refractivity contribution in [3.63, 3.8) is 0 Å². The minimum Gasteiger partial charge on any atom is -0.512 e. The third kappa shape index (κ3) is 8.27. The van der Waals surface area contributed by atoms with Crippen molar-refractivity contribution in [1.82, 2.24) is 4.98 Å². The molecule has 5 rings (SSSR count). The zero-order valence-electron chi connectivity index (χ0n) is 26.3. The van der Waals surface area contributed by atoms with Crippen molar-refractivity contribution < 1.29 is 30.0 Å². The van der Waals surface area contributed by atoms with Crippen molar-refractivity contribution in [2.75, 3.05) is 0 Å². The summed E-state index contributed by atoms with van der Waals surface area (Å²) in [5, 5.41) is 11.8. The number of nitrogens with zero attached hydrogens (tertiary/aromatic N) is 1. The van der Waals surface area contributed by atoms with Crippen molar-refractivity contribution in [3.05, 3.63) is 89.8 Å². The largest absolute Gasteiger partial charge is 0.512 e. The maximum absolute atomic E-state index is 11.2. The number of allylic oxidation sites excluding steroid dienone is 2. The van der Waals surface area contributed by atoms with Gasteiger partial charge in [-0.15, -0.1) is 29.3 Å². The zero-order chi connectivity index (χ0) is 29.9. The van der Waals surface area contributed by atoms with Crippen LogP contribution in [0.1, 0.15) is 72.4 Å². The molecule has 3 aromatic carbocycles. The normalized spacial score (nSPS) is 12.2. The van der Waals surface area contributed by atoms with Crippen molar-refractivity contribution >= 4 is 16.6 Å². The number of hydrogen-bond acceptors (Lipinski definition) is 3. The fourth-order valence-corrected chi connectivity index (χ4v) is 5.55. The molecule has 0 saturated carbocycles. The SMILES string of the molecule is CC(C)CC(=O)/C=C(\O)CC(C)C.Cc1ccc2c(c1)-c1cc(CC(C)(C)C)c[c-]c1-c1nccc3cccc-2c13.[Ir]. The number of aryl methyl sites for hydroxylation is 1. The van der Waals surface area contributed by atoms with Gasteiger partial charge < -0.3 is 10.1 Å². The molecule has 0 unspecified atom stereocenters. The van der Waals surface area contributed by atoms with Crippen LogP contribution in [-0.2, 0) is 31.3 Å². The van der Waals surface area contributed by atoms with Crippen molar-refractivity contribution in [2.24, 2.45) is 17.3 Å². The van der Waals surface area contributed by atoms with E-state index in [1.165, 1.54) is 50.2 Å². The minimum atomic E-state index is 0. The Morgan fingerprint density at radius 3 is 2.31 bits per heavy atom. The van der Waals surface area contributed by atoms with Gasteiger partial charge >= 0.3 is 0 Å². The number of pyridine rings is 1. The predicted octanol–water partition coefficient (Wildman–Crippen LogP) is 10.3. The van der Waals surface area contributed by atoms with E-state index in [1.54, 1.807) is 0 Å². The monoisotopic (exact) mass is 739 g/mol. The van der Waals surface area contributed by atoms with Crippen molar-refractivity contribution in [2.45, 2.75) is 74.7 Å². The van der Waals surface area contributed by atoms with Gasteiger partial charge in [0, 0.05) is 45.2 Å². The van der Waals surface area contributed by atoms with Gasteiger partial charge in [-0.3, -0.25) is 4.79 Å². The van der Waals surface area contributed by atoms with Crippen LogP contribution < -0.4 is 0 Å². The smallest absolute Gasteiger partial charge is 0.159 e. The standard InChI is InChI=1S/C27H24N.C11H20O2.Ir/c1-17-8-10-20-21-7-5-6-19-12-13-28-26(25(19)21)22-11-9-18(16-27(2,3)4)15-24(22)23(20)14-17;1-8(2)5-10(12)7-11(13)6-9(3)4;/h5-10,12-15H,16H2,1-4H3;7-9,12H,5-6H2,1-4H3;/q-1;;/b;10-7-;. The molecule has 1 heterocycles. The van der Waals surface area contributed by atoms with Crippen LogP contribution in [0.2, 0.25) is 0 Å². The van der Waals surface area contributed by atoms with E-state index in [-0.39, 0.29) is 37.1 Å². The molecule has 0 saturated heterocycles. The molecule has 0 aliphatic heterocycles. The minimum absolute atomic E-state index is 0. The maximum Gasteiger partial charge on any atom is 0.159 e. The van der Waals surface area contributed by atoms with Crippen LogP contribution in [-0.4, -0.2) is 15.9 Å². The van der Waals surface area contributed by atoms with Crippen LogP contribution in [0.3, 0.4) is 0 Å². The van der Waals surface area contributed by atoms with Gasteiger partial charge in [0.05, 0.1) is 5.76 Å². The Morgan fingerprint density at radius 1 is 0.929 bits per heavy atom. The molecule has 4 aromatic rings. The Bertz CT molecular complexity index is 1590. The molecule has 3 nitrogen and oxygen atoms in total. The second kappa shape index (κ2) is 13.9. The molecule has 1 radical (unpaired) electrons. The van der Waals surface area contributed by atoms with E-state index >= 15 is 0 Å². The van der Waals surface area contributed by atoms with Crippen LogP contribution in [0.15, 0.2) is 72.6 Å². The van der Waals surface area contributed by atoms with Crippen LogP contribution >= 0.6 is 0 Å². The van der Waals surface area contributed by atoms with E-state index in [1.807, 2.05) is 33.9 Å². The number of ketones is 1. The summed E-state index contributed by atoms with van der Waals surface area (Å²) in [5.41, 5.74) is 10.1. The zero-order valence-corrected chi connectivity index (χ0v) is 28.7. The summed E-state index contributed by atoms with van der Waals surface area (Å²) in [5.74, 6) is 0.979. The fraction of sp³-hybridized carbons (Fsp3) is 0.368. The molecule has 0 bridgehead atoms. The molecule has 1 aromatic heterocycles. The summed E-state index contributed by atoms with van der Waals surface area (Å²) in [6.07, 6.45) is 5.41. The molecule has 0 amide bonds.